The Morgan fingerprint density at radius 1 is 1.27 bits per heavy atom. The van der Waals surface area contributed by atoms with Crippen LogP contribution in [0.4, 0.5) is 0 Å². The lowest BCUT2D eigenvalue weighted by Crippen LogP contribution is -2.05. The minimum atomic E-state index is -0.819. The van der Waals surface area contributed by atoms with Crippen LogP contribution in [-0.2, 0) is 9.53 Å². The highest BCUT2D eigenvalue weighted by Crippen LogP contribution is 2.36. The largest absolute Gasteiger partial charge is 0.481 e. The molecule has 0 saturated heterocycles. The molecule has 0 aliphatic heterocycles. The van der Waals surface area contributed by atoms with Gasteiger partial charge in [-0.2, -0.15) is 0 Å². The average Bonchev–Trinajstić information content (AvgIpc) is 2.94. The standard InChI is InChI=1S/C18H22Cl2N2O3S/c1-10(2)16-18(26-14-8-12(19)7-13(20)9-14)22-17(21-16)11(3)25-6-4-5-15(23)24/h7-11H,4-6H2,1-3H3,(H,21,22)(H,23,24). The van der Waals surface area contributed by atoms with E-state index in [1.807, 2.05) is 19.1 Å². The van der Waals surface area contributed by atoms with Gasteiger partial charge in [0.1, 0.15) is 17.0 Å². The third-order valence-electron chi connectivity index (χ3n) is 3.63. The summed E-state index contributed by atoms with van der Waals surface area (Å²) in [5.74, 6) is 0.160. The van der Waals surface area contributed by atoms with Crippen molar-refractivity contribution in [2.45, 2.75) is 55.6 Å². The van der Waals surface area contributed by atoms with Crippen molar-refractivity contribution in [3.63, 3.8) is 0 Å². The fraction of sp³-hybridized carbons (Fsp3) is 0.444. The third kappa shape index (κ3) is 6.20. The second-order valence-corrected chi connectivity index (χ2v) is 8.15. The summed E-state index contributed by atoms with van der Waals surface area (Å²) in [5, 5.41) is 10.7. The highest BCUT2D eigenvalue weighted by Gasteiger charge is 2.19. The van der Waals surface area contributed by atoms with Gasteiger partial charge in [0, 0.05) is 28.0 Å². The topological polar surface area (TPSA) is 75.2 Å². The molecule has 2 aromatic rings. The van der Waals surface area contributed by atoms with E-state index in [-0.39, 0.29) is 18.4 Å². The molecule has 1 unspecified atom stereocenters. The SMILES string of the molecule is CC(C)c1[nH]c(C(C)OCCCC(=O)O)nc1Sc1cc(Cl)cc(Cl)c1. The summed E-state index contributed by atoms with van der Waals surface area (Å²) in [7, 11) is 0. The van der Waals surface area contributed by atoms with Crippen LogP contribution in [-0.4, -0.2) is 27.7 Å². The number of H-pyrrole nitrogens is 1. The molecule has 0 saturated carbocycles. The monoisotopic (exact) mass is 416 g/mol. The van der Waals surface area contributed by atoms with Gasteiger partial charge < -0.3 is 14.8 Å². The van der Waals surface area contributed by atoms with Crippen molar-refractivity contribution in [2.75, 3.05) is 6.61 Å². The lowest BCUT2D eigenvalue weighted by atomic mass is 10.2. The number of imidazole rings is 1. The first-order chi connectivity index (χ1) is 12.3. The van der Waals surface area contributed by atoms with Gasteiger partial charge in [-0.15, -0.1) is 0 Å². The molecule has 1 heterocycles. The number of aromatic nitrogens is 2. The Kier molecular flexibility index (Phi) is 7.83. The van der Waals surface area contributed by atoms with Crippen molar-refractivity contribution >= 4 is 40.9 Å². The summed E-state index contributed by atoms with van der Waals surface area (Å²) in [6.07, 6.45) is 0.317. The number of aromatic amines is 1. The van der Waals surface area contributed by atoms with Crippen molar-refractivity contribution < 1.29 is 14.6 Å². The number of aliphatic carboxylic acids is 1. The van der Waals surface area contributed by atoms with Gasteiger partial charge in [0.15, 0.2) is 0 Å². The fourth-order valence-corrected chi connectivity index (χ4v) is 4.10. The number of hydrogen-bond donors (Lipinski definition) is 2. The number of nitrogens with one attached hydrogen (secondary N) is 1. The summed E-state index contributed by atoms with van der Waals surface area (Å²) < 4.78 is 5.71. The van der Waals surface area contributed by atoms with E-state index in [1.165, 1.54) is 11.8 Å². The molecule has 0 radical (unpaired) electrons. The summed E-state index contributed by atoms with van der Waals surface area (Å²) in [4.78, 5) is 19.5. The van der Waals surface area contributed by atoms with Crippen LogP contribution in [0.25, 0.3) is 0 Å². The van der Waals surface area contributed by atoms with E-state index in [0.717, 1.165) is 21.4 Å². The molecule has 2 N–H and O–H groups in total. The van der Waals surface area contributed by atoms with Gasteiger partial charge in [-0.25, -0.2) is 4.98 Å². The Hall–Kier alpha value is -1.21. The highest BCUT2D eigenvalue weighted by atomic mass is 35.5. The van der Waals surface area contributed by atoms with E-state index in [1.54, 1.807) is 6.07 Å². The highest BCUT2D eigenvalue weighted by molar-refractivity contribution is 7.99. The van der Waals surface area contributed by atoms with E-state index >= 15 is 0 Å². The van der Waals surface area contributed by atoms with Crippen molar-refractivity contribution in [2.24, 2.45) is 0 Å². The minimum Gasteiger partial charge on any atom is -0.481 e. The van der Waals surface area contributed by atoms with Crippen LogP contribution in [0.2, 0.25) is 10.0 Å². The maximum absolute atomic E-state index is 10.6. The Bertz CT molecular complexity index is 745. The Morgan fingerprint density at radius 3 is 2.50 bits per heavy atom. The zero-order chi connectivity index (χ0) is 19.3. The van der Waals surface area contributed by atoms with E-state index in [0.29, 0.717) is 23.1 Å². The molecular formula is C18H22Cl2N2O3S. The van der Waals surface area contributed by atoms with Gasteiger partial charge in [0.25, 0.3) is 0 Å². The van der Waals surface area contributed by atoms with Gasteiger partial charge in [-0.3, -0.25) is 4.79 Å². The van der Waals surface area contributed by atoms with Crippen LogP contribution >= 0.6 is 35.0 Å². The van der Waals surface area contributed by atoms with Crippen LogP contribution < -0.4 is 0 Å². The summed E-state index contributed by atoms with van der Waals surface area (Å²) >= 11 is 13.7. The van der Waals surface area contributed by atoms with Gasteiger partial charge in [-0.05, 0) is 37.5 Å². The number of nitrogens with zero attached hydrogens (tertiary/aromatic N) is 1. The van der Waals surface area contributed by atoms with Gasteiger partial charge >= 0.3 is 5.97 Å². The first-order valence-electron chi connectivity index (χ1n) is 8.33. The van der Waals surface area contributed by atoms with Gasteiger partial charge in [0.2, 0.25) is 0 Å². The molecule has 8 heteroatoms. The minimum absolute atomic E-state index is 0.0960. The summed E-state index contributed by atoms with van der Waals surface area (Å²) in [6.45, 7) is 6.45. The lowest BCUT2D eigenvalue weighted by molar-refractivity contribution is -0.137. The molecule has 0 amide bonds. The van der Waals surface area contributed by atoms with Crippen molar-refractivity contribution in [3.05, 3.63) is 39.8 Å². The molecule has 0 aliphatic carbocycles. The average molecular weight is 417 g/mol. The molecule has 2 rings (SSSR count). The van der Waals surface area contributed by atoms with E-state index < -0.39 is 5.97 Å². The first-order valence-corrected chi connectivity index (χ1v) is 9.90. The number of carboxylic acid groups (broad SMARTS) is 1. The molecule has 5 nitrogen and oxygen atoms in total. The summed E-state index contributed by atoms with van der Waals surface area (Å²) in [5.41, 5.74) is 1.02. The first kappa shape index (κ1) is 21.1. The zero-order valence-corrected chi connectivity index (χ0v) is 17.2. The molecule has 1 atom stereocenters. The zero-order valence-electron chi connectivity index (χ0n) is 14.9. The molecule has 1 aromatic carbocycles. The van der Waals surface area contributed by atoms with Crippen LogP contribution in [0.5, 0.6) is 0 Å². The predicted octanol–water partition coefficient (Wildman–Crippen LogP) is 5.93. The van der Waals surface area contributed by atoms with Crippen LogP contribution in [0, 0.1) is 0 Å². The maximum Gasteiger partial charge on any atom is 0.303 e. The number of carboxylic acids is 1. The smallest absolute Gasteiger partial charge is 0.303 e. The number of rotatable bonds is 9. The number of benzene rings is 1. The van der Waals surface area contributed by atoms with Crippen LogP contribution in [0.15, 0.2) is 28.1 Å². The van der Waals surface area contributed by atoms with E-state index in [9.17, 15) is 4.79 Å². The number of ether oxygens (including phenoxy) is 1. The quantitative estimate of drug-likeness (QED) is 0.495. The van der Waals surface area contributed by atoms with Gasteiger partial charge in [-0.1, -0.05) is 48.8 Å². The molecule has 0 spiro atoms. The normalized spacial score (nSPS) is 12.5. The Labute approximate surface area is 167 Å². The van der Waals surface area contributed by atoms with Crippen molar-refractivity contribution in [1.29, 1.82) is 0 Å². The van der Waals surface area contributed by atoms with E-state index in [4.69, 9.17) is 33.0 Å². The molecule has 1 aromatic heterocycles. The molecular weight excluding hydrogens is 395 g/mol. The molecule has 0 bridgehead atoms. The fourth-order valence-electron chi connectivity index (χ4n) is 2.31. The number of carbonyl (C=O) groups is 1. The van der Waals surface area contributed by atoms with Crippen LogP contribution in [0.3, 0.4) is 0 Å². The van der Waals surface area contributed by atoms with Crippen molar-refractivity contribution in [1.82, 2.24) is 9.97 Å². The van der Waals surface area contributed by atoms with Crippen molar-refractivity contribution in [3.8, 4) is 0 Å². The second kappa shape index (κ2) is 9.65. The predicted molar refractivity (Wildman–Crippen MR) is 104 cm³/mol. The lowest BCUT2D eigenvalue weighted by Gasteiger charge is -2.10. The van der Waals surface area contributed by atoms with Crippen LogP contribution in [0.1, 0.15) is 57.2 Å². The Morgan fingerprint density at radius 2 is 1.92 bits per heavy atom. The summed E-state index contributed by atoms with van der Waals surface area (Å²) in [6, 6.07) is 5.39. The third-order valence-corrected chi connectivity index (χ3v) is 5.04. The maximum atomic E-state index is 10.6. The van der Waals surface area contributed by atoms with E-state index in [2.05, 4.69) is 23.8 Å². The Balaban J connectivity index is 2.12. The van der Waals surface area contributed by atoms with Gasteiger partial charge in [0.05, 0.1) is 5.69 Å². The molecule has 0 fully saturated rings. The molecule has 142 valence electrons. The number of hydrogen-bond acceptors (Lipinski definition) is 4. The molecule has 26 heavy (non-hydrogen) atoms. The number of halogens is 2. The second-order valence-electron chi connectivity index (χ2n) is 6.21. The molecule has 0 aliphatic rings.